The second kappa shape index (κ2) is 30.1. The van der Waals surface area contributed by atoms with Crippen LogP contribution in [0, 0.1) is 5.92 Å². The van der Waals surface area contributed by atoms with Crippen LogP contribution in [0.5, 0.6) is 5.75 Å². The molecule has 0 radical (unpaired) electrons. The Morgan fingerprint density at radius 2 is 1.45 bits per heavy atom. The molecule has 2 aromatic carbocycles. The van der Waals surface area contributed by atoms with E-state index in [4.69, 9.17) is 17.3 Å². The summed E-state index contributed by atoms with van der Waals surface area (Å²) >= 11 is 0. The largest absolute Gasteiger partial charge is 0.508 e. The summed E-state index contributed by atoms with van der Waals surface area (Å²) in [5.41, 5.74) is 13.2. The van der Waals surface area contributed by atoms with Crippen molar-refractivity contribution in [3.63, 3.8) is 0 Å². The Bertz CT molecular complexity index is 2960. The number of imidazole rings is 1. The number of carbonyl (C=O) groups excluding carboxylic acids is 10. The lowest BCUT2D eigenvalue weighted by atomic mass is 10.0. The second-order valence-corrected chi connectivity index (χ2v) is 20.9. The first-order chi connectivity index (χ1) is 39.6. The highest BCUT2D eigenvalue weighted by molar-refractivity contribution is 5.99. The molecule has 448 valence electrons. The van der Waals surface area contributed by atoms with Crippen LogP contribution in [0.2, 0.25) is 0 Å². The van der Waals surface area contributed by atoms with Gasteiger partial charge in [-0.2, -0.15) is 0 Å². The number of phenolic OH excluding ortho intramolecular Hbond substituents is 1. The molecule has 4 heterocycles. The van der Waals surface area contributed by atoms with Gasteiger partial charge in [-0.3, -0.25) is 57.9 Å². The Morgan fingerprint density at radius 3 is 2.08 bits per heavy atom. The average molecular weight is 1150 g/mol. The first-order valence-corrected chi connectivity index (χ1v) is 27.3. The number of para-hydroxylation sites is 1. The standard InChI is InChI=1S/C54H75N17O12/c1-29(2)20-38(48(78)65-37(10-6-18-59-54(55)56)52(82)71-19-7-11-43(71)53(83)70(3)57)64-45(75)26-61-46(76)39(21-30-12-14-33(73)15-13-30)66-51(81)42(27-72)69-49(79)40(22-31-24-60-35-9-5-4-8-34(31)35)67-50(80)41(23-32-25-58-28-62-32)68-47(77)36-16-17-44(74)63-36/h4-5,8-9,12-15,24-25,28-29,36-43,60,72-73H,6-7,10-11,16-23,26-27,57H2,1-3H3,(H,58,62)(H,61,76)(H,63,74)(H,64,75)(H,65,78)(H,66,81)(H,67,80)(H,68,77)(H,69,79)(H4,55,56,59)/t36-,37-,38-,39-,40-,41-,42-,43-/m0/s1. The topological polar surface area (TPSA) is 449 Å². The third-order valence-electron chi connectivity index (χ3n) is 14.0. The number of hydrogen-bond donors (Lipinski definition) is 15. The Balaban J connectivity index is 1.16. The minimum atomic E-state index is -1.74. The highest BCUT2D eigenvalue weighted by atomic mass is 16.3. The quantitative estimate of drug-likeness (QED) is 0.00622. The third kappa shape index (κ3) is 18.4. The van der Waals surface area contributed by atoms with E-state index in [1.807, 2.05) is 0 Å². The van der Waals surface area contributed by atoms with Crippen molar-refractivity contribution in [2.45, 2.75) is 126 Å². The number of likely N-dealkylation sites (N-methyl/N-ethyl adjacent to an activating group) is 1. The Morgan fingerprint density at radius 1 is 0.795 bits per heavy atom. The normalized spacial score (nSPS) is 16.9. The molecule has 0 unspecified atom stereocenters. The van der Waals surface area contributed by atoms with Gasteiger partial charge in [0.05, 0.1) is 19.5 Å². The lowest BCUT2D eigenvalue weighted by molar-refractivity contribution is -0.145. The zero-order valence-electron chi connectivity index (χ0n) is 46.4. The molecule has 2 aliphatic rings. The van der Waals surface area contributed by atoms with E-state index in [-0.39, 0.29) is 88.0 Å². The van der Waals surface area contributed by atoms with Gasteiger partial charge >= 0.3 is 0 Å². The fourth-order valence-electron chi connectivity index (χ4n) is 9.72. The van der Waals surface area contributed by atoms with Gasteiger partial charge < -0.3 is 79.1 Å². The Hall–Kier alpha value is -9.12. The van der Waals surface area contributed by atoms with Crippen molar-refractivity contribution >= 4 is 75.9 Å². The smallest absolute Gasteiger partial charge is 0.258 e. The summed E-state index contributed by atoms with van der Waals surface area (Å²) in [4.78, 5) is 152. The van der Waals surface area contributed by atoms with Crippen molar-refractivity contribution in [2.24, 2.45) is 28.2 Å². The molecule has 6 rings (SSSR count). The van der Waals surface area contributed by atoms with Crippen LogP contribution in [-0.2, 0) is 67.2 Å². The number of phenols is 1. The third-order valence-corrected chi connectivity index (χ3v) is 14.0. The molecule has 2 aliphatic heterocycles. The van der Waals surface area contributed by atoms with E-state index in [9.17, 15) is 58.2 Å². The number of aliphatic hydroxyl groups excluding tert-OH is 1. The van der Waals surface area contributed by atoms with Gasteiger partial charge in [0, 0.05) is 74.8 Å². The van der Waals surface area contributed by atoms with Crippen LogP contribution in [0.15, 0.2) is 72.2 Å². The van der Waals surface area contributed by atoms with Crippen LogP contribution in [-0.4, -0.2) is 182 Å². The number of carbonyl (C=O) groups is 10. The number of nitrogens with two attached hydrogens (primary N) is 3. The number of aromatic hydroxyl groups is 1. The van der Waals surface area contributed by atoms with Crippen LogP contribution in [0.25, 0.3) is 10.9 Å². The molecule has 0 aliphatic carbocycles. The maximum Gasteiger partial charge on any atom is 0.258 e. The Kier molecular flexibility index (Phi) is 22.9. The van der Waals surface area contributed by atoms with Crippen molar-refractivity contribution in [3.8, 4) is 5.75 Å². The number of amides is 10. The van der Waals surface area contributed by atoms with Crippen molar-refractivity contribution < 1.29 is 58.2 Å². The summed E-state index contributed by atoms with van der Waals surface area (Å²) in [7, 11) is 1.37. The first-order valence-electron chi connectivity index (χ1n) is 27.3. The van der Waals surface area contributed by atoms with E-state index in [0.717, 1.165) is 5.01 Å². The molecule has 18 N–H and O–H groups in total. The molecule has 0 spiro atoms. The molecule has 2 aromatic heterocycles. The Labute approximate surface area is 477 Å². The number of fused-ring (bicyclic) bond motifs is 1. The van der Waals surface area contributed by atoms with Gasteiger partial charge in [-0.05, 0) is 73.8 Å². The fraction of sp³-hybridized carbons (Fsp3) is 0.481. The minimum Gasteiger partial charge on any atom is -0.508 e. The summed E-state index contributed by atoms with van der Waals surface area (Å²) in [6, 6.07) is 2.68. The van der Waals surface area contributed by atoms with Gasteiger partial charge in [0.1, 0.15) is 54.1 Å². The molecule has 2 fully saturated rings. The number of hydrogen-bond acceptors (Lipinski definition) is 15. The zero-order chi connectivity index (χ0) is 60.3. The number of nitrogens with one attached hydrogen (secondary N) is 10. The van der Waals surface area contributed by atoms with E-state index in [0.29, 0.717) is 40.6 Å². The van der Waals surface area contributed by atoms with E-state index in [1.165, 1.54) is 48.7 Å². The number of guanidine groups is 1. The summed E-state index contributed by atoms with van der Waals surface area (Å²) in [5, 5.41) is 43.0. The predicted octanol–water partition coefficient (Wildman–Crippen LogP) is -3.66. The van der Waals surface area contributed by atoms with Gasteiger partial charge in [-0.15, -0.1) is 0 Å². The zero-order valence-corrected chi connectivity index (χ0v) is 46.4. The summed E-state index contributed by atoms with van der Waals surface area (Å²) in [5.74, 6) is -1.99. The monoisotopic (exact) mass is 1150 g/mol. The number of benzene rings is 2. The summed E-state index contributed by atoms with van der Waals surface area (Å²) < 4.78 is 0. The van der Waals surface area contributed by atoms with E-state index in [2.05, 4.69) is 62.5 Å². The van der Waals surface area contributed by atoms with Crippen molar-refractivity contribution in [3.05, 3.63) is 84.1 Å². The molecular weight excluding hydrogens is 1080 g/mol. The van der Waals surface area contributed by atoms with E-state index in [1.54, 1.807) is 44.3 Å². The van der Waals surface area contributed by atoms with Gasteiger partial charge in [-0.1, -0.05) is 44.2 Å². The molecule has 8 atom stereocenters. The fourth-order valence-corrected chi connectivity index (χ4v) is 9.72. The van der Waals surface area contributed by atoms with Gasteiger partial charge in [-0.25, -0.2) is 10.8 Å². The number of likely N-dealkylation sites (tertiary alicyclic amines) is 1. The molecule has 10 amide bonds. The van der Waals surface area contributed by atoms with Crippen LogP contribution >= 0.6 is 0 Å². The lowest BCUT2D eigenvalue weighted by Crippen LogP contribution is -2.60. The van der Waals surface area contributed by atoms with E-state index < -0.39 is 115 Å². The van der Waals surface area contributed by atoms with Crippen LogP contribution < -0.4 is 59.8 Å². The molecule has 29 heteroatoms. The van der Waals surface area contributed by atoms with Crippen molar-refractivity contribution in [1.29, 1.82) is 0 Å². The van der Waals surface area contributed by atoms with Crippen LogP contribution in [0.4, 0.5) is 0 Å². The number of H-pyrrole nitrogens is 2. The summed E-state index contributed by atoms with van der Waals surface area (Å²) in [6.07, 6.45) is 5.56. The number of rotatable bonds is 29. The second-order valence-electron chi connectivity index (χ2n) is 20.9. The highest BCUT2D eigenvalue weighted by Crippen LogP contribution is 2.22. The predicted molar refractivity (Wildman–Crippen MR) is 300 cm³/mol. The number of nitrogens with zero attached hydrogens (tertiary/aromatic N) is 4. The number of hydrazine groups is 1. The van der Waals surface area contributed by atoms with Crippen LogP contribution in [0.3, 0.4) is 0 Å². The van der Waals surface area contributed by atoms with Gasteiger partial charge in [0.25, 0.3) is 5.91 Å². The molecule has 0 saturated carbocycles. The molecule has 29 nitrogen and oxygen atoms in total. The summed E-state index contributed by atoms with van der Waals surface area (Å²) in [6.45, 7) is 2.24. The van der Waals surface area contributed by atoms with Crippen LogP contribution in [0.1, 0.15) is 75.6 Å². The average Bonchev–Trinajstić information content (AvgIpc) is 4.40. The molecular formula is C54H75N17O12. The van der Waals surface area contributed by atoms with Crippen molar-refractivity contribution in [1.82, 2.24) is 67.4 Å². The molecule has 2 saturated heterocycles. The molecule has 0 bridgehead atoms. The lowest BCUT2D eigenvalue weighted by Gasteiger charge is -2.31. The van der Waals surface area contributed by atoms with Gasteiger partial charge in [0.15, 0.2) is 5.96 Å². The molecule has 4 aromatic rings. The number of aliphatic hydroxyl groups is 1. The maximum absolute atomic E-state index is 14.4. The number of aromatic nitrogens is 3. The van der Waals surface area contributed by atoms with Gasteiger partial charge in [0.2, 0.25) is 53.2 Å². The number of aromatic amines is 2. The minimum absolute atomic E-state index is 0.0610. The first kappa shape index (κ1) is 63.1. The molecule has 83 heavy (non-hydrogen) atoms. The highest BCUT2D eigenvalue weighted by Gasteiger charge is 2.40. The SMILES string of the molecule is CC(C)C[C@H](NC(=O)CNC(=O)[C@H](Cc1ccc(O)cc1)NC(=O)[C@H](CO)NC(=O)[C@H](Cc1c[nH]c2ccccc12)NC(=O)[C@H](Cc1cnc[nH]1)NC(=O)[C@@H]1CCC(=O)N1)C(=O)N[C@@H](CCCN=C(N)N)C(=O)N1CCC[C@H]1C(=O)N(C)N. The van der Waals surface area contributed by atoms with E-state index >= 15 is 0 Å². The van der Waals surface area contributed by atoms with Crippen molar-refractivity contribution in [2.75, 3.05) is 33.3 Å². The maximum atomic E-state index is 14.4. The number of aliphatic imine (C=N–C) groups is 1.